The Labute approximate surface area is 120 Å². The molecule has 0 saturated carbocycles. The van der Waals surface area contributed by atoms with Gasteiger partial charge in [0.05, 0.1) is 16.6 Å². The van der Waals surface area contributed by atoms with Crippen molar-refractivity contribution in [3.8, 4) is 11.6 Å². The zero-order valence-electron chi connectivity index (χ0n) is 11.5. The number of rotatable bonds is 5. The molecule has 2 rings (SSSR count). The lowest BCUT2D eigenvalue weighted by molar-refractivity contribution is -0.385. The van der Waals surface area contributed by atoms with Crippen molar-refractivity contribution in [2.24, 2.45) is 0 Å². The Bertz CT molecular complexity index is 678. The van der Waals surface area contributed by atoms with E-state index in [2.05, 4.69) is 15.3 Å². The number of nitro benzene ring substituents is 1. The van der Waals surface area contributed by atoms with Crippen molar-refractivity contribution in [2.75, 3.05) is 11.9 Å². The van der Waals surface area contributed by atoms with Crippen molar-refractivity contribution >= 4 is 11.5 Å². The number of nitrogens with one attached hydrogen (secondary N) is 1. The zero-order chi connectivity index (χ0) is 15.4. The van der Waals surface area contributed by atoms with E-state index in [-0.39, 0.29) is 17.3 Å². The van der Waals surface area contributed by atoms with E-state index in [0.29, 0.717) is 17.9 Å². The third-order valence-corrected chi connectivity index (χ3v) is 2.71. The first-order valence-electron chi connectivity index (χ1n) is 6.20. The molecular formula is C13H13FN4O3. The highest BCUT2D eigenvalue weighted by atomic mass is 19.1. The van der Waals surface area contributed by atoms with Crippen LogP contribution in [0.2, 0.25) is 0 Å². The number of aromatic nitrogens is 2. The molecule has 21 heavy (non-hydrogen) atoms. The van der Waals surface area contributed by atoms with Crippen LogP contribution in [0, 0.1) is 22.9 Å². The molecule has 2 aromatic rings. The second kappa shape index (κ2) is 6.12. The van der Waals surface area contributed by atoms with Crippen LogP contribution in [0.4, 0.5) is 15.9 Å². The first kappa shape index (κ1) is 14.6. The van der Waals surface area contributed by atoms with E-state index in [1.807, 2.05) is 6.92 Å². The number of hydrogen-bond donors (Lipinski definition) is 1. The first-order valence-corrected chi connectivity index (χ1v) is 6.20. The monoisotopic (exact) mass is 292 g/mol. The Morgan fingerprint density at radius 2 is 2.19 bits per heavy atom. The van der Waals surface area contributed by atoms with Crippen LogP contribution in [0.25, 0.3) is 0 Å². The molecule has 0 saturated heterocycles. The molecule has 7 nitrogen and oxygen atoms in total. The summed E-state index contributed by atoms with van der Waals surface area (Å²) in [6, 6.07) is 3.17. The number of nitrogens with zero attached hydrogens (tertiary/aromatic N) is 3. The van der Waals surface area contributed by atoms with E-state index < -0.39 is 10.7 Å². The summed E-state index contributed by atoms with van der Waals surface area (Å²) in [4.78, 5) is 17.9. The molecule has 0 radical (unpaired) electrons. The number of non-ortho nitro benzene ring substituents is 1. The molecular weight excluding hydrogens is 279 g/mol. The fourth-order valence-corrected chi connectivity index (χ4v) is 1.67. The first-order chi connectivity index (χ1) is 10.0. The predicted octanol–water partition coefficient (Wildman–Crippen LogP) is 3.06. The molecule has 8 heteroatoms. The maximum atomic E-state index is 13.8. The molecule has 110 valence electrons. The normalized spacial score (nSPS) is 10.2. The maximum Gasteiger partial charge on any atom is 0.272 e. The minimum absolute atomic E-state index is 0.134. The Morgan fingerprint density at radius 3 is 2.81 bits per heavy atom. The summed E-state index contributed by atoms with van der Waals surface area (Å²) in [5.74, 6) is -0.185. The zero-order valence-corrected chi connectivity index (χ0v) is 11.5. The van der Waals surface area contributed by atoms with Gasteiger partial charge in [-0.3, -0.25) is 10.1 Å². The second-order valence-corrected chi connectivity index (χ2v) is 4.16. The molecule has 0 aliphatic rings. The average Bonchev–Trinajstić information content (AvgIpc) is 2.45. The number of halogens is 1. The molecule has 0 unspecified atom stereocenters. The van der Waals surface area contributed by atoms with E-state index in [1.54, 1.807) is 6.92 Å². The van der Waals surface area contributed by atoms with Gasteiger partial charge in [-0.05, 0) is 19.9 Å². The number of ether oxygens (including phenoxy) is 1. The van der Waals surface area contributed by atoms with Crippen molar-refractivity contribution in [2.45, 2.75) is 13.8 Å². The van der Waals surface area contributed by atoms with Gasteiger partial charge in [0.25, 0.3) is 5.69 Å². The van der Waals surface area contributed by atoms with Gasteiger partial charge in [0, 0.05) is 12.6 Å². The van der Waals surface area contributed by atoms with Gasteiger partial charge >= 0.3 is 0 Å². The molecule has 1 N–H and O–H groups in total. The molecule has 0 amide bonds. The number of nitro groups is 1. The number of anilines is 1. The minimum atomic E-state index is -0.827. The van der Waals surface area contributed by atoms with Crippen molar-refractivity contribution in [1.29, 1.82) is 0 Å². The van der Waals surface area contributed by atoms with Crippen LogP contribution in [-0.4, -0.2) is 21.4 Å². The van der Waals surface area contributed by atoms with Crippen LogP contribution in [0.1, 0.15) is 12.5 Å². The van der Waals surface area contributed by atoms with Gasteiger partial charge in [-0.1, -0.05) is 0 Å². The smallest absolute Gasteiger partial charge is 0.272 e. The highest BCUT2D eigenvalue weighted by Crippen LogP contribution is 2.29. The Hall–Kier alpha value is -2.77. The standard InChI is InChI=1S/C13H13FN4O3/c1-3-15-12-8(2)13(17-7-16-12)21-11-5-4-9(18(19)20)6-10(11)14/h4-7H,3H2,1-2H3,(H,15,16,17). The average molecular weight is 292 g/mol. The summed E-state index contributed by atoms with van der Waals surface area (Å²) in [5, 5.41) is 13.6. The Morgan fingerprint density at radius 1 is 1.43 bits per heavy atom. The molecule has 0 aliphatic carbocycles. The lowest BCUT2D eigenvalue weighted by Gasteiger charge is -2.11. The highest BCUT2D eigenvalue weighted by Gasteiger charge is 2.15. The summed E-state index contributed by atoms with van der Waals surface area (Å²) < 4.78 is 19.2. The van der Waals surface area contributed by atoms with Crippen molar-refractivity contribution in [3.63, 3.8) is 0 Å². The largest absolute Gasteiger partial charge is 0.435 e. The van der Waals surface area contributed by atoms with E-state index in [0.717, 1.165) is 6.07 Å². The fraction of sp³-hybridized carbons (Fsp3) is 0.231. The van der Waals surface area contributed by atoms with Crippen LogP contribution in [0.5, 0.6) is 11.6 Å². The summed E-state index contributed by atoms with van der Waals surface area (Å²) in [5.41, 5.74) is 0.282. The van der Waals surface area contributed by atoms with Crippen LogP contribution in [0.15, 0.2) is 24.5 Å². The van der Waals surface area contributed by atoms with Gasteiger partial charge in [0.15, 0.2) is 11.6 Å². The molecule has 1 heterocycles. The third-order valence-electron chi connectivity index (χ3n) is 2.71. The van der Waals surface area contributed by atoms with Crippen molar-refractivity contribution in [1.82, 2.24) is 9.97 Å². The molecule has 0 spiro atoms. The summed E-state index contributed by atoms with van der Waals surface area (Å²) in [6.45, 7) is 4.32. The molecule has 0 fully saturated rings. The lowest BCUT2D eigenvalue weighted by Crippen LogP contribution is -2.04. The third kappa shape index (κ3) is 3.22. The van der Waals surface area contributed by atoms with Gasteiger partial charge < -0.3 is 10.1 Å². The quantitative estimate of drug-likeness (QED) is 0.672. The topological polar surface area (TPSA) is 90.2 Å². The molecule has 0 bridgehead atoms. The summed E-state index contributed by atoms with van der Waals surface area (Å²) in [6.07, 6.45) is 1.30. The lowest BCUT2D eigenvalue weighted by atomic mass is 10.3. The van der Waals surface area contributed by atoms with Gasteiger partial charge in [-0.25, -0.2) is 14.4 Å². The van der Waals surface area contributed by atoms with E-state index in [4.69, 9.17) is 4.74 Å². The molecule has 1 aromatic carbocycles. The summed E-state index contributed by atoms with van der Waals surface area (Å²) >= 11 is 0. The van der Waals surface area contributed by atoms with Crippen LogP contribution < -0.4 is 10.1 Å². The van der Waals surface area contributed by atoms with Gasteiger partial charge in [-0.15, -0.1) is 0 Å². The summed E-state index contributed by atoms with van der Waals surface area (Å²) in [7, 11) is 0. The predicted molar refractivity (Wildman–Crippen MR) is 74.1 cm³/mol. The number of benzene rings is 1. The van der Waals surface area contributed by atoms with Gasteiger partial charge in [0.2, 0.25) is 5.88 Å². The van der Waals surface area contributed by atoms with E-state index in [9.17, 15) is 14.5 Å². The van der Waals surface area contributed by atoms with E-state index in [1.165, 1.54) is 18.5 Å². The highest BCUT2D eigenvalue weighted by molar-refractivity contribution is 5.49. The fourth-order valence-electron chi connectivity index (χ4n) is 1.67. The molecule has 0 aliphatic heterocycles. The van der Waals surface area contributed by atoms with Gasteiger partial charge in [0.1, 0.15) is 12.1 Å². The minimum Gasteiger partial charge on any atom is -0.435 e. The molecule has 0 atom stereocenters. The van der Waals surface area contributed by atoms with Crippen LogP contribution in [0.3, 0.4) is 0 Å². The molecule has 1 aromatic heterocycles. The van der Waals surface area contributed by atoms with Crippen LogP contribution >= 0.6 is 0 Å². The van der Waals surface area contributed by atoms with Crippen molar-refractivity contribution < 1.29 is 14.1 Å². The van der Waals surface area contributed by atoms with Gasteiger partial charge in [-0.2, -0.15) is 0 Å². The van der Waals surface area contributed by atoms with Crippen molar-refractivity contribution in [3.05, 3.63) is 46.0 Å². The SMILES string of the molecule is CCNc1ncnc(Oc2ccc([N+](=O)[O-])cc2F)c1C. The second-order valence-electron chi connectivity index (χ2n) is 4.16. The van der Waals surface area contributed by atoms with E-state index >= 15 is 0 Å². The Kier molecular flexibility index (Phi) is 4.27. The maximum absolute atomic E-state index is 13.8. The Balaban J connectivity index is 2.30. The van der Waals surface area contributed by atoms with Crippen LogP contribution in [-0.2, 0) is 0 Å². The number of hydrogen-bond acceptors (Lipinski definition) is 6.